The predicted molar refractivity (Wildman–Crippen MR) is 62.8 cm³/mol. The van der Waals surface area contributed by atoms with E-state index in [0.29, 0.717) is 0 Å². The number of H-pyrrole nitrogens is 1. The standard InChI is InChI=1S/C12H16N2O.ClH/c1-7-13-14-10(1)15-8-2-9-11(3-4-11)12(9)5-6-12;/h1,7,9H,2-6,8H2,(H,13,14);1H. The van der Waals surface area contributed by atoms with Crippen molar-refractivity contribution in [3.05, 3.63) is 12.3 Å². The van der Waals surface area contributed by atoms with E-state index in [0.717, 1.165) is 29.2 Å². The lowest BCUT2D eigenvalue weighted by Gasteiger charge is -2.01. The van der Waals surface area contributed by atoms with Gasteiger partial charge in [-0.15, -0.1) is 12.4 Å². The Balaban J connectivity index is 0.000000810. The second kappa shape index (κ2) is 3.16. The third-order valence-corrected chi connectivity index (χ3v) is 4.96. The molecule has 0 bridgehead atoms. The first kappa shape index (κ1) is 10.5. The SMILES string of the molecule is Cl.c1cc(OCCC2C3(CC3)C23CC3)[nH]n1. The van der Waals surface area contributed by atoms with Gasteiger partial charge in [-0.3, -0.25) is 0 Å². The normalized spacial score (nSPS) is 26.5. The Morgan fingerprint density at radius 3 is 2.50 bits per heavy atom. The van der Waals surface area contributed by atoms with Crippen LogP contribution in [0, 0.1) is 16.7 Å². The molecule has 16 heavy (non-hydrogen) atoms. The molecule has 3 nitrogen and oxygen atoms in total. The number of halogens is 1. The Hall–Kier alpha value is -0.700. The molecule has 4 heteroatoms. The third-order valence-electron chi connectivity index (χ3n) is 4.96. The number of ether oxygens (including phenoxy) is 1. The molecule has 3 fully saturated rings. The minimum Gasteiger partial charge on any atom is -0.478 e. The summed E-state index contributed by atoms with van der Waals surface area (Å²) in [6.45, 7) is 0.857. The van der Waals surface area contributed by atoms with Crippen LogP contribution in [0.25, 0.3) is 0 Å². The second-order valence-corrected chi connectivity index (χ2v) is 5.42. The molecule has 3 aliphatic rings. The Kier molecular flexibility index (Phi) is 2.06. The molecular formula is C12H17ClN2O. The zero-order valence-electron chi connectivity index (χ0n) is 9.24. The topological polar surface area (TPSA) is 37.9 Å². The Labute approximate surface area is 101 Å². The predicted octanol–water partition coefficient (Wildman–Crippen LogP) is 2.79. The summed E-state index contributed by atoms with van der Waals surface area (Å²) in [5.41, 5.74) is 1.65. The monoisotopic (exact) mass is 240 g/mol. The maximum absolute atomic E-state index is 5.62. The van der Waals surface area contributed by atoms with E-state index in [9.17, 15) is 0 Å². The molecule has 3 aliphatic carbocycles. The van der Waals surface area contributed by atoms with Gasteiger partial charge in [-0.2, -0.15) is 5.10 Å². The fourth-order valence-electron chi connectivity index (χ4n) is 3.97. The van der Waals surface area contributed by atoms with Crippen LogP contribution in [0.2, 0.25) is 0 Å². The van der Waals surface area contributed by atoms with Gasteiger partial charge in [-0.1, -0.05) is 0 Å². The molecule has 0 amide bonds. The molecule has 0 atom stereocenters. The largest absolute Gasteiger partial charge is 0.478 e. The van der Waals surface area contributed by atoms with Crippen molar-refractivity contribution in [3.63, 3.8) is 0 Å². The van der Waals surface area contributed by atoms with Crippen molar-refractivity contribution in [3.8, 4) is 5.88 Å². The molecule has 0 radical (unpaired) electrons. The molecule has 1 aromatic rings. The van der Waals surface area contributed by atoms with Gasteiger partial charge < -0.3 is 4.74 Å². The lowest BCUT2D eigenvalue weighted by Crippen LogP contribution is -2.00. The Bertz CT molecular complexity index is 364. The quantitative estimate of drug-likeness (QED) is 0.879. The van der Waals surface area contributed by atoms with Crippen molar-refractivity contribution in [1.29, 1.82) is 0 Å². The summed E-state index contributed by atoms with van der Waals surface area (Å²) in [5, 5.41) is 6.70. The number of fused-ring (bicyclic) bond motifs is 1. The van der Waals surface area contributed by atoms with Gasteiger partial charge in [0.2, 0.25) is 5.88 Å². The number of nitrogens with one attached hydrogen (secondary N) is 1. The lowest BCUT2D eigenvalue weighted by atomic mass is 10.2. The fourth-order valence-corrected chi connectivity index (χ4v) is 3.97. The van der Waals surface area contributed by atoms with Gasteiger partial charge in [-0.25, -0.2) is 5.10 Å². The molecule has 88 valence electrons. The van der Waals surface area contributed by atoms with Gasteiger partial charge >= 0.3 is 0 Å². The van der Waals surface area contributed by atoms with Crippen molar-refractivity contribution >= 4 is 12.4 Å². The van der Waals surface area contributed by atoms with Gasteiger partial charge in [0.15, 0.2) is 0 Å². The van der Waals surface area contributed by atoms with Crippen molar-refractivity contribution in [2.75, 3.05) is 6.61 Å². The highest BCUT2D eigenvalue weighted by Gasteiger charge is 2.85. The number of nitrogens with zero attached hydrogens (tertiary/aromatic N) is 1. The third kappa shape index (κ3) is 1.18. The number of hydrogen-bond acceptors (Lipinski definition) is 2. The fraction of sp³-hybridized carbons (Fsp3) is 0.750. The zero-order chi connectivity index (χ0) is 9.93. The van der Waals surface area contributed by atoms with E-state index in [1.54, 1.807) is 6.20 Å². The molecule has 4 rings (SSSR count). The molecule has 3 saturated carbocycles. The van der Waals surface area contributed by atoms with Gasteiger partial charge in [-0.05, 0) is 48.9 Å². The number of aromatic amines is 1. The molecule has 0 aromatic carbocycles. The molecule has 0 aliphatic heterocycles. The minimum atomic E-state index is 0. The molecular weight excluding hydrogens is 224 g/mol. The number of hydrogen-bond donors (Lipinski definition) is 1. The summed E-state index contributed by atoms with van der Waals surface area (Å²) in [4.78, 5) is 0. The van der Waals surface area contributed by atoms with Crippen LogP contribution >= 0.6 is 12.4 Å². The summed E-state index contributed by atoms with van der Waals surface area (Å²) in [7, 11) is 0. The van der Waals surface area contributed by atoms with Crippen LogP contribution in [-0.2, 0) is 0 Å². The van der Waals surface area contributed by atoms with Crippen molar-refractivity contribution < 1.29 is 4.74 Å². The van der Waals surface area contributed by atoms with Crippen molar-refractivity contribution in [1.82, 2.24) is 10.2 Å². The summed E-state index contributed by atoms with van der Waals surface area (Å²) < 4.78 is 5.62. The highest BCUT2D eigenvalue weighted by Crippen LogP contribution is 2.93. The number of rotatable bonds is 4. The zero-order valence-corrected chi connectivity index (χ0v) is 10.1. The van der Waals surface area contributed by atoms with Crippen molar-refractivity contribution in [2.45, 2.75) is 32.1 Å². The summed E-state index contributed by atoms with van der Waals surface area (Å²) in [6, 6.07) is 1.88. The van der Waals surface area contributed by atoms with E-state index in [1.165, 1.54) is 32.1 Å². The van der Waals surface area contributed by atoms with Crippen LogP contribution in [0.5, 0.6) is 5.88 Å². The average molecular weight is 241 g/mol. The first-order valence-electron chi connectivity index (χ1n) is 6.00. The Morgan fingerprint density at radius 1 is 1.31 bits per heavy atom. The Morgan fingerprint density at radius 2 is 2.00 bits per heavy atom. The lowest BCUT2D eigenvalue weighted by molar-refractivity contribution is 0.284. The van der Waals surface area contributed by atoms with Gasteiger partial charge in [0.05, 0.1) is 12.8 Å². The first-order valence-corrected chi connectivity index (χ1v) is 6.00. The second-order valence-electron chi connectivity index (χ2n) is 5.42. The summed E-state index contributed by atoms with van der Waals surface area (Å²) in [6.07, 6.45) is 8.99. The molecule has 2 spiro atoms. The van der Waals surface area contributed by atoms with Crippen LogP contribution in [0.15, 0.2) is 12.3 Å². The minimum absolute atomic E-state index is 0. The van der Waals surface area contributed by atoms with E-state index in [2.05, 4.69) is 10.2 Å². The van der Waals surface area contributed by atoms with E-state index in [1.807, 2.05) is 6.07 Å². The molecule has 0 saturated heterocycles. The molecule has 1 N–H and O–H groups in total. The van der Waals surface area contributed by atoms with Crippen LogP contribution < -0.4 is 4.74 Å². The van der Waals surface area contributed by atoms with Crippen LogP contribution in [0.1, 0.15) is 32.1 Å². The van der Waals surface area contributed by atoms with Crippen LogP contribution in [0.4, 0.5) is 0 Å². The summed E-state index contributed by atoms with van der Waals surface area (Å²) in [5.74, 6) is 1.80. The maximum atomic E-state index is 5.62. The van der Waals surface area contributed by atoms with Gasteiger partial charge in [0, 0.05) is 6.07 Å². The van der Waals surface area contributed by atoms with Gasteiger partial charge in [0.1, 0.15) is 0 Å². The van der Waals surface area contributed by atoms with Gasteiger partial charge in [0.25, 0.3) is 0 Å². The average Bonchev–Trinajstić information content (AvgIpc) is 3.18. The number of aromatic nitrogens is 2. The maximum Gasteiger partial charge on any atom is 0.208 e. The van der Waals surface area contributed by atoms with E-state index in [4.69, 9.17) is 4.74 Å². The first-order chi connectivity index (χ1) is 7.37. The van der Waals surface area contributed by atoms with Crippen LogP contribution in [0.3, 0.4) is 0 Å². The molecule has 0 unspecified atom stereocenters. The molecule has 1 heterocycles. The van der Waals surface area contributed by atoms with Crippen LogP contribution in [-0.4, -0.2) is 16.8 Å². The van der Waals surface area contributed by atoms with E-state index >= 15 is 0 Å². The van der Waals surface area contributed by atoms with E-state index < -0.39 is 0 Å². The van der Waals surface area contributed by atoms with Crippen molar-refractivity contribution in [2.24, 2.45) is 16.7 Å². The highest BCUT2D eigenvalue weighted by molar-refractivity contribution is 5.85. The summed E-state index contributed by atoms with van der Waals surface area (Å²) >= 11 is 0. The van der Waals surface area contributed by atoms with E-state index in [-0.39, 0.29) is 12.4 Å². The smallest absolute Gasteiger partial charge is 0.208 e. The molecule has 1 aromatic heterocycles. The highest BCUT2D eigenvalue weighted by atomic mass is 35.5.